The van der Waals surface area contributed by atoms with Gasteiger partial charge in [0.15, 0.2) is 0 Å². The minimum absolute atomic E-state index is 0. The fraction of sp³-hybridized carbons (Fsp3) is 0.400. The van der Waals surface area contributed by atoms with Gasteiger partial charge < -0.3 is 0 Å². The normalized spacial score (nSPS) is 18.9. The van der Waals surface area contributed by atoms with Crippen LogP contribution < -0.4 is 6.54 Å². The monoisotopic (exact) mass is 888 g/mol. The Morgan fingerprint density at radius 3 is 1.59 bits per heavy atom. The molecule has 0 heterocycles. The summed E-state index contributed by atoms with van der Waals surface area (Å²) in [5.74, 6) is 0.327. The molecule has 1 atom stereocenters. The predicted molar refractivity (Wildman–Crippen MR) is 258 cm³/mol. The van der Waals surface area contributed by atoms with E-state index >= 15 is 0 Å². The van der Waals surface area contributed by atoms with Crippen LogP contribution in [-0.2, 0) is 46.4 Å². The van der Waals surface area contributed by atoms with Gasteiger partial charge in [-0.3, -0.25) is 0 Å². The van der Waals surface area contributed by atoms with Crippen molar-refractivity contribution in [1.82, 2.24) is 0 Å². The predicted octanol–water partition coefficient (Wildman–Crippen LogP) is 14.3. The maximum absolute atomic E-state index is 5.98. The van der Waals surface area contributed by atoms with Crippen molar-refractivity contribution in [2.24, 2.45) is 11.3 Å². The van der Waals surface area contributed by atoms with E-state index in [9.17, 15) is 0 Å². The molecule has 0 bridgehead atoms. The first-order valence-electron chi connectivity index (χ1n) is 21.4. The molecule has 58 heavy (non-hydrogen) atoms. The third-order valence-corrected chi connectivity index (χ3v) is 31.8. The van der Waals surface area contributed by atoms with E-state index in [1.54, 1.807) is 6.56 Å². The molecule has 8 rings (SSSR count). The van der Waals surface area contributed by atoms with Crippen molar-refractivity contribution in [3.63, 3.8) is 0 Å². The summed E-state index contributed by atoms with van der Waals surface area (Å²) in [6, 6.07) is 30.0. The van der Waals surface area contributed by atoms with Gasteiger partial charge in [0.1, 0.15) is 0 Å². The third kappa shape index (κ3) is 6.50. The van der Waals surface area contributed by atoms with Gasteiger partial charge in [-0.25, -0.2) is 0 Å². The maximum atomic E-state index is 5.98. The van der Waals surface area contributed by atoms with E-state index in [-0.39, 0.29) is 51.9 Å². The summed E-state index contributed by atoms with van der Waals surface area (Å²) < 4.78 is 12.0. The summed E-state index contributed by atoms with van der Waals surface area (Å²) in [5.41, 5.74) is 15.7. The molecule has 306 valence electrons. The SMILES string of the molecule is Cl.Cl.[CH2]=[Zr]([C]1=CC(C(C)(C)C)=CC1CC)([C]1=Cc2cc3c(cc2C1(C)C)Cc1cc2c(cc1-3)C=CC2(C)C)([c]1ccc(C(C)(C)C)cc1)[c]1ccc(C(C)(C)C)cc1. The van der Waals surface area contributed by atoms with Crippen LogP contribution in [0.4, 0.5) is 0 Å². The zero-order chi connectivity index (χ0) is 40.6. The Morgan fingerprint density at radius 2 is 1.12 bits per heavy atom. The molecule has 3 heteroatoms. The molecular weight excluding hydrogens is 823 g/mol. The van der Waals surface area contributed by atoms with Crippen molar-refractivity contribution in [2.45, 2.75) is 131 Å². The Hall–Kier alpha value is -2.83. The first-order valence-corrected chi connectivity index (χ1v) is 28.0. The van der Waals surface area contributed by atoms with Crippen LogP contribution in [0.25, 0.3) is 23.3 Å². The Balaban J connectivity index is 0.00000283. The van der Waals surface area contributed by atoms with Crippen LogP contribution in [0.2, 0.25) is 0 Å². The van der Waals surface area contributed by atoms with Gasteiger partial charge in [0.25, 0.3) is 0 Å². The van der Waals surface area contributed by atoms with E-state index in [4.69, 9.17) is 4.21 Å². The molecule has 0 N–H and O–H groups in total. The van der Waals surface area contributed by atoms with Gasteiger partial charge in [0.05, 0.1) is 0 Å². The molecule has 0 aliphatic heterocycles. The van der Waals surface area contributed by atoms with E-state index in [0.717, 1.165) is 12.8 Å². The standard InChI is InChI=1S/C23H21.C11H17.2C10H13.CH2.2ClH.Zr/c1-22(2)7-5-14-10-18-16(12-20(14)22)9-17-13-21-15(11-19(17)18)6-8-23(21,3)4;1-5-9-6-7-10(8-9)11(2,3)4;2*1-10(2,3)9-7-5-4-6-8-9;;;;/h5-7,10-13H,9H2,1-4H3;7-9H,5H2,1-4H3;2*5-8H,1-3H3;1H2;2*1H;. The summed E-state index contributed by atoms with van der Waals surface area (Å²) in [4.78, 5) is 0. The first-order chi connectivity index (χ1) is 25.9. The number of allylic oxidation sites excluding steroid dienone is 6. The fourth-order valence-electron chi connectivity index (χ4n) is 11.0. The molecule has 4 aromatic rings. The molecule has 4 aromatic carbocycles. The van der Waals surface area contributed by atoms with Crippen molar-refractivity contribution in [1.29, 1.82) is 0 Å². The summed E-state index contributed by atoms with van der Waals surface area (Å²) >= 11 is -5.09. The first kappa shape index (κ1) is 44.7. The van der Waals surface area contributed by atoms with Crippen molar-refractivity contribution >= 4 is 47.7 Å². The van der Waals surface area contributed by atoms with Crippen LogP contribution >= 0.6 is 24.8 Å². The molecule has 0 amide bonds. The molecule has 1 unspecified atom stereocenters. The van der Waals surface area contributed by atoms with Crippen molar-refractivity contribution in [2.75, 3.05) is 0 Å². The molecule has 4 aliphatic carbocycles. The van der Waals surface area contributed by atoms with Gasteiger partial charge >= 0.3 is 343 Å². The Kier molecular flexibility index (Phi) is 10.9. The summed E-state index contributed by atoms with van der Waals surface area (Å²) in [6.07, 6.45) is 14.7. The van der Waals surface area contributed by atoms with Crippen LogP contribution in [0.5, 0.6) is 0 Å². The quantitative estimate of drug-likeness (QED) is 0.165. The van der Waals surface area contributed by atoms with Gasteiger partial charge in [-0.05, 0) is 0 Å². The van der Waals surface area contributed by atoms with Crippen LogP contribution in [0.15, 0.2) is 103 Å². The van der Waals surface area contributed by atoms with Crippen molar-refractivity contribution in [3.8, 4) is 11.1 Å². The molecule has 4 aliphatic rings. The Bertz CT molecular complexity index is 2450. The number of hydrogen-bond donors (Lipinski definition) is 0. The third-order valence-electron chi connectivity index (χ3n) is 14.6. The number of hydrogen-bond acceptors (Lipinski definition) is 0. The van der Waals surface area contributed by atoms with Crippen molar-refractivity contribution < 1.29 is 18.3 Å². The minimum atomic E-state index is -5.09. The van der Waals surface area contributed by atoms with E-state index in [2.05, 4.69) is 200 Å². The summed E-state index contributed by atoms with van der Waals surface area (Å²) in [6.45, 7) is 33.3. The molecule has 0 nitrogen and oxygen atoms in total. The molecule has 0 radical (unpaired) electrons. The van der Waals surface area contributed by atoms with Gasteiger partial charge in [-0.1, -0.05) is 0 Å². The van der Waals surface area contributed by atoms with E-state index in [1.165, 1.54) is 67.8 Å². The second kappa shape index (κ2) is 14.1. The zero-order valence-corrected chi connectivity index (χ0v) is 41.9. The molecule has 0 saturated carbocycles. The number of benzene rings is 4. The average Bonchev–Trinajstić information content (AvgIpc) is 3.87. The fourth-order valence-corrected chi connectivity index (χ4v) is 29.0. The van der Waals surface area contributed by atoms with Crippen molar-refractivity contribution in [3.05, 3.63) is 148 Å². The Morgan fingerprint density at radius 1 is 0.638 bits per heavy atom. The molecule has 0 saturated heterocycles. The van der Waals surface area contributed by atoms with Gasteiger partial charge in [0, 0.05) is 0 Å². The average molecular weight is 891 g/mol. The van der Waals surface area contributed by atoms with E-state index in [1.807, 2.05) is 0 Å². The second-order valence-corrected chi connectivity index (χ2v) is 35.0. The van der Waals surface area contributed by atoms with Gasteiger partial charge in [-0.2, -0.15) is 0 Å². The van der Waals surface area contributed by atoms with Gasteiger partial charge in [0.2, 0.25) is 0 Å². The van der Waals surface area contributed by atoms with Crippen LogP contribution in [0.1, 0.15) is 148 Å². The number of halogens is 2. The van der Waals surface area contributed by atoms with E-state index < -0.39 is 18.3 Å². The Labute approximate surface area is 364 Å². The molecular formula is C55H68Cl2Zr. The number of rotatable bonds is 5. The van der Waals surface area contributed by atoms with Gasteiger partial charge in [-0.15, -0.1) is 24.8 Å². The van der Waals surface area contributed by atoms with E-state index in [0.29, 0.717) is 5.92 Å². The zero-order valence-electron chi connectivity index (χ0n) is 37.8. The molecule has 0 spiro atoms. The summed E-state index contributed by atoms with van der Waals surface area (Å²) in [7, 11) is 0. The molecule has 0 fully saturated rings. The topological polar surface area (TPSA) is 0 Å². The van der Waals surface area contributed by atoms with Crippen LogP contribution in [0, 0.1) is 11.3 Å². The second-order valence-electron chi connectivity index (χ2n) is 22.2. The number of fused-ring (bicyclic) bond motifs is 5. The molecule has 0 aromatic heterocycles. The summed E-state index contributed by atoms with van der Waals surface area (Å²) in [5, 5.41) is 0. The van der Waals surface area contributed by atoms with Crippen LogP contribution in [-0.4, -0.2) is 4.21 Å². The van der Waals surface area contributed by atoms with Crippen LogP contribution in [0.3, 0.4) is 0 Å².